The number of thioether (sulfide) groups is 1. The van der Waals surface area contributed by atoms with Crippen molar-refractivity contribution in [3.05, 3.63) is 29.8 Å². The average Bonchev–Trinajstić information content (AvgIpc) is 3.14. The first-order valence-electron chi connectivity index (χ1n) is 9.96. The minimum Gasteiger partial charge on any atom is -0.352 e. The van der Waals surface area contributed by atoms with Gasteiger partial charge in [-0.15, -0.1) is 5.10 Å². The Hall–Kier alpha value is -1.82. The zero-order chi connectivity index (χ0) is 19.4. The van der Waals surface area contributed by atoms with Crippen LogP contribution in [-0.2, 0) is 11.2 Å². The van der Waals surface area contributed by atoms with Gasteiger partial charge in [0.15, 0.2) is 5.82 Å². The molecule has 1 aliphatic rings. The quantitative estimate of drug-likeness (QED) is 0.719. The fraction of sp³-hybridized carbons (Fsp3) is 0.571. The average molecular weight is 387 g/mol. The van der Waals surface area contributed by atoms with Crippen LogP contribution in [0.3, 0.4) is 0 Å². The molecule has 2 N–H and O–H groups in total. The van der Waals surface area contributed by atoms with Crippen molar-refractivity contribution < 1.29 is 4.79 Å². The molecule has 4 atom stereocenters. The van der Waals surface area contributed by atoms with Crippen LogP contribution >= 0.6 is 11.8 Å². The Morgan fingerprint density at radius 3 is 2.74 bits per heavy atom. The molecule has 1 amide bonds. The second-order valence-electron chi connectivity index (χ2n) is 7.66. The van der Waals surface area contributed by atoms with Gasteiger partial charge in [0.25, 0.3) is 0 Å². The number of amides is 1. The summed E-state index contributed by atoms with van der Waals surface area (Å²) in [5.74, 6) is 2.01. The van der Waals surface area contributed by atoms with Gasteiger partial charge in [0.2, 0.25) is 11.1 Å². The zero-order valence-corrected chi connectivity index (χ0v) is 17.5. The summed E-state index contributed by atoms with van der Waals surface area (Å²) in [7, 11) is 0. The topological polar surface area (TPSA) is 70.7 Å². The second-order valence-corrected chi connectivity index (χ2v) is 8.97. The molecule has 3 rings (SSSR count). The smallest absolute Gasteiger partial charge is 0.233 e. The van der Waals surface area contributed by atoms with Crippen molar-refractivity contribution in [2.75, 3.05) is 0 Å². The number of carbonyl (C=O) groups excluding carboxylic acids is 1. The Bertz CT molecular complexity index is 758. The largest absolute Gasteiger partial charge is 0.352 e. The lowest BCUT2D eigenvalue weighted by atomic mass is 9.78. The molecule has 1 aliphatic carbocycles. The van der Waals surface area contributed by atoms with Crippen LogP contribution in [0.1, 0.15) is 52.5 Å². The molecule has 6 heteroatoms. The molecule has 5 nitrogen and oxygen atoms in total. The zero-order valence-electron chi connectivity index (χ0n) is 16.7. The molecule has 146 valence electrons. The van der Waals surface area contributed by atoms with Crippen molar-refractivity contribution in [2.24, 2.45) is 11.8 Å². The van der Waals surface area contributed by atoms with Gasteiger partial charge in [0.1, 0.15) is 0 Å². The van der Waals surface area contributed by atoms with Crippen molar-refractivity contribution in [2.45, 2.75) is 69.8 Å². The molecular weight excluding hydrogens is 356 g/mol. The monoisotopic (exact) mass is 386 g/mol. The van der Waals surface area contributed by atoms with Crippen LogP contribution in [0.15, 0.2) is 29.4 Å². The van der Waals surface area contributed by atoms with Crippen molar-refractivity contribution in [3.63, 3.8) is 0 Å². The Morgan fingerprint density at radius 1 is 1.30 bits per heavy atom. The number of hydrogen-bond acceptors (Lipinski definition) is 4. The third-order valence-electron chi connectivity index (χ3n) is 5.79. The van der Waals surface area contributed by atoms with Gasteiger partial charge in [-0.05, 0) is 37.2 Å². The van der Waals surface area contributed by atoms with Crippen molar-refractivity contribution >= 4 is 17.7 Å². The number of nitrogens with one attached hydrogen (secondary N) is 2. The van der Waals surface area contributed by atoms with Gasteiger partial charge in [0.05, 0.1) is 5.25 Å². The summed E-state index contributed by atoms with van der Waals surface area (Å²) in [6.07, 6.45) is 4.55. The number of hydrogen-bond donors (Lipinski definition) is 2. The molecule has 0 unspecified atom stereocenters. The summed E-state index contributed by atoms with van der Waals surface area (Å²) < 4.78 is 0. The Labute approximate surface area is 166 Å². The van der Waals surface area contributed by atoms with E-state index in [0.717, 1.165) is 24.2 Å². The predicted octanol–water partition coefficient (Wildman–Crippen LogP) is 4.46. The molecule has 1 heterocycles. The molecule has 0 aliphatic heterocycles. The number of aromatic amines is 1. The highest BCUT2D eigenvalue weighted by atomic mass is 32.2. The van der Waals surface area contributed by atoms with E-state index < -0.39 is 0 Å². The van der Waals surface area contributed by atoms with Crippen LogP contribution < -0.4 is 5.32 Å². The molecule has 27 heavy (non-hydrogen) atoms. The maximum absolute atomic E-state index is 12.6. The van der Waals surface area contributed by atoms with Crippen molar-refractivity contribution in [1.82, 2.24) is 20.5 Å². The highest BCUT2D eigenvalue weighted by Crippen LogP contribution is 2.30. The third kappa shape index (κ3) is 4.92. The summed E-state index contributed by atoms with van der Waals surface area (Å²) in [6.45, 7) is 8.59. The van der Waals surface area contributed by atoms with Crippen LogP contribution in [-0.4, -0.2) is 32.4 Å². The molecule has 0 radical (unpaired) electrons. The van der Waals surface area contributed by atoms with Crippen LogP contribution in [0.25, 0.3) is 11.4 Å². The molecule has 1 fully saturated rings. The van der Waals surface area contributed by atoms with Crippen molar-refractivity contribution in [3.8, 4) is 11.4 Å². The maximum atomic E-state index is 12.6. The first-order valence-corrected chi connectivity index (χ1v) is 10.8. The number of carbonyl (C=O) groups is 1. The van der Waals surface area contributed by atoms with Gasteiger partial charge in [0, 0.05) is 11.6 Å². The molecule has 1 aromatic heterocycles. The fourth-order valence-corrected chi connectivity index (χ4v) is 4.36. The van der Waals surface area contributed by atoms with E-state index in [9.17, 15) is 4.79 Å². The van der Waals surface area contributed by atoms with Crippen LogP contribution in [0, 0.1) is 11.8 Å². The lowest BCUT2D eigenvalue weighted by Crippen LogP contribution is -2.46. The number of rotatable bonds is 6. The van der Waals surface area contributed by atoms with Gasteiger partial charge in [-0.1, -0.05) is 69.6 Å². The maximum Gasteiger partial charge on any atom is 0.233 e. The van der Waals surface area contributed by atoms with E-state index in [-0.39, 0.29) is 17.2 Å². The molecular formula is C21H30N4OS. The number of benzene rings is 1. The molecule has 0 spiro atoms. The van der Waals surface area contributed by atoms with E-state index in [1.54, 1.807) is 0 Å². The SMILES string of the molecule is CCc1ccc(-c2nc(S[C@@H](C)C(=O)N[C@H]3CCC[C@H](C)[C@@H]3C)n[nH]2)cc1. The number of aromatic nitrogens is 3. The van der Waals surface area contributed by atoms with E-state index in [1.165, 1.54) is 30.2 Å². The van der Waals surface area contributed by atoms with E-state index in [1.807, 2.05) is 6.92 Å². The molecule has 2 aromatic rings. The minimum absolute atomic E-state index is 0.0737. The lowest BCUT2D eigenvalue weighted by Gasteiger charge is -2.35. The number of H-pyrrole nitrogens is 1. The van der Waals surface area contributed by atoms with E-state index in [0.29, 0.717) is 17.0 Å². The Balaban J connectivity index is 1.58. The third-order valence-corrected chi connectivity index (χ3v) is 6.75. The summed E-state index contributed by atoms with van der Waals surface area (Å²) in [5.41, 5.74) is 2.30. The first-order chi connectivity index (χ1) is 13.0. The van der Waals surface area contributed by atoms with Crippen LogP contribution in [0.4, 0.5) is 0 Å². The molecule has 1 saturated carbocycles. The Morgan fingerprint density at radius 2 is 2.04 bits per heavy atom. The van der Waals surface area contributed by atoms with Gasteiger partial charge in [-0.2, -0.15) is 0 Å². The Kier molecular flexibility index (Phi) is 6.58. The minimum atomic E-state index is -0.222. The van der Waals surface area contributed by atoms with Gasteiger partial charge >= 0.3 is 0 Å². The predicted molar refractivity (Wildman–Crippen MR) is 111 cm³/mol. The summed E-state index contributed by atoms with van der Waals surface area (Å²) >= 11 is 1.40. The van der Waals surface area contributed by atoms with Gasteiger partial charge < -0.3 is 5.32 Å². The summed E-state index contributed by atoms with van der Waals surface area (Å²) in [4.78, 5) is 17.2. The molecule has 0 saturated heterocycles. The summed E-state index contributed by atoms with van der Waals surface area (Å²) in [6, 6.07) is 8.59. The van der Waals surface area contributed by atoms with E-state index >= 15 is 0 Å². The number of nitrogens with zero attached hydrogens (tertiary/aromatic N) is 2. The van der Waals surface area contributed by atoms with Gasteiger partial charge in [-0.25, -0.2) is 4.98 Å². The van der Waals surface area contributed by atoms with Gasteiger partial charge in [-0.3, -0.25) is 9.89 Å². The van der Waals surface area contributed by atoms with Crippen LogP contribution in [0.5, 0.6) is 0 Å². The normalized spacial score (nSPS) is 23.8. The summed E-state index contributed by atoms with van der Waals surface area (Å²) in [5, 5.41) is 10.9. The fourth-order valence-electron chi connectivity index (χ4n) is 3.62. The molecule has 1 aromatic carbocycles. The standard InChI is InChI=1S/C21H30N4OS/c1-5-16-9-11-17(12-10-16)19-23-21(25-24-19)27-15(4)20(26)22-18-8-6-7-13(2)14(18)3/h9-15,18H,5-8H2,1-4H3,(H,22,26)(H,23,24,25)/t13-,14-,15-,18-/m0/s1. The highest BCUT2D eigenvalue weighted by Gasteiger charge is 2.29. The highest BCUT2D eigenvalue weighted by molar-refractivity contribution is 8.00. The number of aryl methyl sites for hydroxylation is 1. The molecule has 0 bridgehead atoms. The van der Waals surface area contributed by atoms with E-state index in [2.05, 4.69) is 65.5 Å². The van der Waals surface area contributed by atoms with E-state index in [4.69, 9.17) is 0 Å². The van der Waals surface area contributed by atoms with Crippen molar-refractivity contribution in [1.29, 1.82) is 0 Å². The second kappa shape index (κ2) is 8.91. The van der Waals surface area contributed by atoms with Crippen LogP contribution in [0.2, 0.25) is 0 Å². The lowest BCUT2D eigenvalue weighted by molar-refractivity contribution is -0.121. The first kappa shape index (κ1) is 19.9.